The van der Waals surface area contributed by atoms with E-state index in [1.54, 1.807) is 16.8 Å². The maximum atomic E-state index is 6.04. The van der Waals surface area contributed by atoms with E-state index in [4.69, 9.17) is 9.47 Å². The zero-order chi connectivity index (χ0) is 20.1. The van der Waals surface area contributed by atoms with Gasteiger partial charge in [-0.05, 0) is 31.5 Å². The summed E-state index contributed by atoms with van der Waals surface area (Å²) in [6, 6.07) is 19.5. The Bertz CT molecular complexity index is 1070. The van der Waals surface area contributed by atoms with Gasteiger partial charge in [-0.1, -0.05) is 36.4 Å². The molecule has 0 aliphatic heterocycles. The quantitative estimate of drug-likeness (QED) is 0.428. The van der Waals surface area contributed by atoms with Crippen molar-refractivity contribution in [3.05, 3.63) is 78.6 Å². The number of fused-ring (bicyclic) bond motifs is 1. The van der Waals surface area contributed by atoms with E-state index in [0.717, 1.165) is 29.9 Å². The van der Waals surface area contributed by atoms with Crippen molar-refractivity contribution in [1.82, 2.24) is 14.6 Å². The van der Waals surface area contributed by atoms with Crippen molar-refractivity contribution in [2.45, 2.75) is 20.5 Å². The van der Waals surface area contributed by atoms with E-state index in [2.05, 4.69) is 28.8 Å². The Morgan fingerprint density at radius 2 is 1.79 bits per heavy atom. The number of rotatable bonds is 8. The Hall–Kier alpha value is -3.54. The molecule has 0 N–H and O–H groups in total. The van der Waals surface area contributed by atoms with E-state index in [0.29, 0.717) is 24.1 Å². The third kappa shape index (κ3) is 4.16. The van der Waals surface area contributed by atoms with Crippen LogP contribution in [0, 0.1) is 0 Å². The van der Waals surface area contributed by atoms with E-state index in [1.165, 1.54) is 0 Å². The highest BCUT2D eigenvalue weighted by Crippen LogP contribution is 2.28. The molecule has 3 heterocycles. The van der Waals surface area contributed by atoms with Crippen molar-refractivity contribution in [2.24, 2.45) is 0 Å². The molecule has 6 heteroatoms. The molecule has 0 amide bonds. The Morgan fingerprint density at radius 3 is 2.59 bits per heavy atom. The van der Waals surface area contributed by atoms with Gasteiger partial charge in [0.2, 0.25) is 11.8 Å². The largest absolute Gasteiger partial charge is 0.489 e. The average Bonchev–Trinajstić information content (AvgIpc) is 3.19. The van der Waals surface area contributed by atoms with Gasteiger partial charge in [-0.3, -0.25) is 0 Å². The van der Waals surface area contributed by atoms with Crippen molar-refractivity contribution >= 4 is 11.2 Å². The summed E-state index contributed by atoms with van der Waals surface area (Å²) in [5.41, 5.74) is 3.20. The Morgan fingerprint density at radius 1 is 0.966 bits per heavy atom. The fourth-order valence-electron chi connectivity index (χ4n) is 3.24. The fraction of sp³-hybridized carbons (Fsp3) is 0.217. The first-order chi connectivity index (χ1) is 14.3. The van der Waals surface area contributed by atoms with Crippen molar-refractivity contribution in [3.63, 3.8) is 0 Å². The molecule has 1 aromatic carbocycles. The highest BCUT2D eigenvalue weighted by atomic mass is 16.5. The number of anilines is 1. The van der Waals surface area contributed by atoms with E-state index in [-0.39, 0.29) is 0 Å². The molecule has 4 rings (SSSR count). The van der Waals surface area contributed by atoms with Crippen LogP contribution in [0.5, 0.6) is 17.5 Å². The molecule has 0 aliphatic rings. The van der Waals surface area contributed by atoms with Gasteiger partial charge in [0.05, 0.1) is 17.4 Å². The molecule has 4 aromatic rings. The highest BCUT2D eigenvalue weighted by molar-refractivity contribution is 5.73. The molecule has 148 valence electrons. The average molecular weight is 388 g/mol. The molecule has 0 bridgehead atoms. The standard InChI is InChI=1S/C23H24N4O2/c1-3-26(4-2)21-16-25-27-20(21)11-8-12-23(27)29-22-15-19(13-14-24-22)28-17-18-9-6-5-7-10-18/h5-16H,3-4,17H2,1-2H3. The Kier molecular flexibility index (Phi) is 5.61. The minimum atomic E-state index is 0.461. The molecule has 0 radical (unpaired) electrons. The summed E-state index contributed by atoms with van der Waals surface area (Å²) in [6.45, 7) is 6.61. The number of pyridine rings is 2. The van der Waals surface area contributed by atoms with Gasteiger partial charge in [0.15, 0.2) is 0 Å². The second kappa shape index (κ2) is 8.65. The van der Waals surface area contributed by atoms with Gasteiger partial charge in [0, 0.05) is 31.4 Å². The molecule has 6 nitrogen and oxygen atoms in total. The van der Waals surface area contributed by atoms with Gasteiger partial charge >= 0.3 is 0 Å². The Balaban J connectivity index is 1.54. The van der Waals surface area contributed by atoms with Crippen LogP contribution in [0.4, 0.5) is 5.69 Å². The van der Waals surface area contributed by atoms with Crippen LogP contribution >= 0.6 is 0 Å². The van der Waals surface area contributed by atoms with Gasteiger partial charge in [-0.15, -0.1) is 0 Å². The van der Waals surface area contributed by atoms with Crippen LogP contribution in [0.1, 0.15) is 19.4 Å². The molecule has 0 aliphatic carbocycles. The third-order valence-electron chi connectivity index (χ3n) is 4.76. The molecule has 0 atom stereocenters. The van der Waals surface area contributed by atoms with Crippen LogP contribution < -0.4 is 14.4 Å². The van der Waals surface area contributed by atoms with Crippen LogP contribution in [0.2, 0.25) is 0 Å². The van der Waals surface area contributed by atoms with Gasteiger partial charge in [0.25, 0.3) is 0 Å². The van der Waals surface area contributed by atoms with Crippen LogP contribution in [-0.2, 0) is 6.61 Å². The van der Waals surface area contributed by atoms with Crippen LogP contribution in [0.3, 0.4) is 0 Å². The normalized spacial score (nSPS) is 10.8. The number of ether oxygens (including phenoxy) is 2. The molecular formula is C23H24N4O2. The van der Waals surface area contributed by atoms with Crippen LogP contribution in [0.25, 0.3) is 5.52 Å². The van der Waals surface area contributed by atoms with Crippen LogP contribution in [0.15, 0.2) is 73.1 Å². The summed E-state index contributed by atoms with van der Waals surface area (Å²) in [7, 11) is 0. The van der Waals surface area contributed by atoms with Gasteiger partial charge < -0.3 is 14.4 Å². The number of nitrogens with zero attached hydrogens (tertiary/aromatic N) is 4. The summed E-state index contributed by atoms with van der Waals surface area (Å²) in [5, 5.41) is 4.52. The monoisotopic (exact) mass is 388 g/mol. The molecule has 3 aromatic heterocycles. The van der Waals surface area contributed by atoms with E-state index in [1.807, 2.05) is 60.8 Å². The lowest BCUT2D eigenvalue weighted by molar-refractivity contribution is 0.303. The number of hydrogen-bond donors (Lipinski definition) is 0. The summed E-state index contributed by atoms with van der Waals surface area (Å²) in [6.07, 6.45) is 3.56. The summed E-state index contributed by atoms with van der Waals surface area (Å²) in [5.74, 6) is 1.77. The lowest BCUT2D eigenvalue weighted by Crippen LogP contribution is -2.21. The molecular weight excluding hydrogens is 364 g/mol. The minimum Gasteiger partial charge on any atom is -0.489 e. The topological polar surface area (TPSA) is 51.9 Å². The molecule has 0 spiro atoms. The lowest BCUT2D eigenvalue weighted by atomic mass is 10.2. The predicted molar refractivity (Wildman–Crippen MR) is 114 cm³/mol. The molecule has 29 heavy (non-hydrogen) atoms. The van der Waals surface area contributed by atoms with E-state index >= 15 is 0 Å². The number of aromatic nitrogens is 3. The first-order valence-electron chi connectivity index (χ1n) is 9.80. The predicted octanol–water partition coefficient (Wildman–Crippen LogP) is 4.95. The van der Waals surface area contributed by atoms with Gasteiger partial charge in [-0.25, -0.2) is 4.98 Å². The highest BCUT2D eigenvalue weighted by Gasteiger charge is 2.13. The van der Waals surface area contributed by atoms with Crippen molar-refractivity contribution in [1.29, 1.82) is 0 Å². The minimum absolute atomic E-state index is 0.461. The van der Waals surface area contributed by atoms with Crippen molar-refractivity contribution in [3.8, 4) is 17.5 Å². The SMILES string of the molecule is CCN(CC)c1cnn2c(Oc3cc(OCc4ccccc4)ccn3)cccc12. The fourth-order valence-corrected chi connectivity index (χ4v) is 3.24. The number of benzene rings is 1. The second-order valence-electron chi connectivity index (χ2n) is 6.57. The maximum absolute atomic E-state index is 6.04. The maximum Gasteiger partial charge on any atom is 0.224 e. The number of hydrogen-bond acceptors (Lipinski definition) is 5. The Labute approximate surface area is 170 Å². The smallest absolute Gasteiger partial charge is 0.224 e. The molecule has 0 saturated carbocycles. The second-order valence-corrected chi connectivity index (χ2v) is 6.57. The molecule has 0 saturated heterocycles. The van der Waals surface area contributed by atoms with Crippen LogP contribution in [-0.4, -0.2) is 27.7 Å². The van der Waals surface area contributed by atoms with Gasteiger partial charge in [-0.2, -0.15) is 9.61 Å². The molecule has 0 fully saturated rings. The summed E-state index contributed by atoms with van der Waals surface area (Å²) < 4.78 is 13.7. The summed E-state index contributed by atoms with van der Waals surface area (Å²) >= 11 is 0. The van der Waals surface area contributed by atoms with Crippen molar-refractivity contribution < 1.29 is 9.47 Å². The first-order valence-corrected chi connectivity index (χ1v) is 9.80. The summed E-state index contributed by atoms with van der Waals surface area (Å²) in [4.78, 5) is 6.58. The van der Waals surface area contributed by atoms with Crippen molar-refractivity contribution in [2.75, 3.05) is 18.0 Å². The molecule has 0 unspecified atom stereocenters. The lowest BCUT2D eigenvalue weighted by Gasteiger charge is -2.19. The van der Waals surface area contributed by atoms with Gasteiger partial charge in [0.1, 0.15) is 12.4 Å². The third-order valence-corrected chi connectivity index (χ3v) is 4.76. The zero-order valence-electron chi connectivity index (χ0n) is 16.7. The van der Waals surface area contributed by atoms with E-state index < -0.39 is 0 Å². The zero-order valence-corrected chi connectivity index (χ0v) is 16.7. The first kappa shape index (κ1) is 18.8. The van der Waals surface area contributed by atoms with E-state index in [9.17, 15) is 0 Å².